The maximum atomic E-state index is 11.0. The van der Waals surface area contributed by atoms with Crippen LogP contribution < -0.4 is 0 Å². The second kappa shape index (κ2) is 4.72. The predicted molar refractivity (Wildman–Crippen MR) is 68.0 cm³/mol. The van der Waals surface area contributed by atoms with Crippen LogP contribution in [-0.2, 0) is 16.5 Å². The van der Waals surface area contributed by atoms with Crippen molar-refractivity contribution in [3.63, 3.8) is 0 Å². The van der Waals surface area contributed by atoms with E-state index >= 15 is 0 Å². The summed E-state index contributed by atoms with van der Waals surface area (Å²) < 4.78 is 31.9. The lowest BCUT2D eigenvalue weighted by Crippen LogP contribution is -1.97. The summed E-state index contributed by atoms with van der Waals surface area (Å²) in [5.41, 5.74) is 0.635. The molecule has 1 aromatic heterocycles. The summed E-state index contributed by atoms with van der Waals surface area (Å²) in [4.78, 5) is 4.27. The van der Waals surface area contributed by atoms with Gasteiger partial charge in [-0.25, -0.2) is 4.98 Å². The molecule has 0 spiro atoms. The van der Waals surface area contributed by atoms with Gasteiger partial charge in [0, 0.05) is 0 Å². The molecule has 6 heteroatoms. The van der Waals surface area contributed by atoms with E-state index in [4.69, 9.17) is 4.55 Å². The molecule has 0 unspecified atom stereocenters. The largest absolute Gasteiger partial charge is 0.294 e. The van der Waals surface area contributed by atoms with E-state index in [0.717, 1.165) is 29.0 Å². The molecule has 1 heterocycles. The summed E-state index contributed by atoms with van der Waals surface area (Å²) in [6.07, 6.45) is 3.09. The van der Waals surface area contributed by atoms with Crippen molar-refractivity contribution in [3.8, 4) is 0 Å². The number of hydrogen-bond donors (Lipinski definition) is 1. The van der Waals surface area contributed by atoms with Crippen LogP contribution in [0.2, 0.25) is 0 Å². The molecule has 0 saturated heterocycles. The fraction of sp³-hybridized carbons (Fsp3) is 0.364. The zero-order chi connectivity index (χ0) is 12.5. The normalized spacial score (nSPS) is 12.1. The van der Waals surface area contributed by atoms with E-state index in [-0.39, 0.29) is 4.90 Å². The fourth-order valence-corrected chi connectivity index (χ4v) is 3.04. The van der Waals surface area contributed by atoms with Crippen LogP contribution in [-0.4, -0.2) is 18.0 Å². The van der Waals surface area contributed by atoms with Crippen LogP contribution in [0.15, 0.2) is 23.1 Å². The first-order valence-electron chi connectivity index (χ1n) is 5.37. The van der Waals surface area contributed by atoms with Crippen LogP contribution in [0, 0.1) is 0 Å². The quantitative estimate of drug-likeness (QED) is 0.868. The lowest BCUT2D eigenvalue weighted by atomic mass is 10.3. The van der Waals surface area contributed by atoms with Gasteiger partial charge in [0.15, 0.2) is 0 Å². The molecule has 4 nitrogen and oxygen atoms in total. The Morgan fingerprint density at radius 2 is 2.18 bits per heavy atom. The predicted octanol–water partition coefficient (Wildman–Crippen LogP) is 2.89. The molecule has 2 aromatic rings. The summed E-state index contributed by atoms with van der Waals surface area (Å²) in [6, 6.07) is 4.50. The van der Waals surface area contributed by atoms with Crippen LogP contribution in [0.4, 0.5) is 0 Å². The van der Waals surface area contributed by atoms with Gasteiger partial charge in [0.2, 0.25) is 0 Å². The highest BCUT2D eigenvalue weighted by Gasteiger charge is 2.12. The summed E-state index contributed by atoms with van der Waals surface area (Å²) in [7, 11) is -4.14. The van der Waals surface area contributed by atoms with E-state index in [9.17, 15) is 8.42 Å². The minimum atomic E-state index is -4.14. The number of fused-ring (bicyclic) bond motifs is 1. The molecule has 0 saturated carbocycles. The Bertz CT molecular complexity index is 631. The van der Waals surface area contributed by atoms with E-state index in [1.54, 1.807) is 17.4 Å². The maximum Gasteiger partial charge on any atom is 0.294 e. The third kappa shape index (κ3) is 2.83. The molecule has 1 aromatic carbocycles. The molecule has 0 aliphatic carbocycles. The van der Waals surface area contributed by atoms with Crippen molar-refractivity contribution >= 4 is 31.7 Å². The van der Waals surface area contributed by atoms with Crippen molar-refractivity contribution in [1.29, 1.82) is 0 Å². The summed E-state index contributed by atoms with van der Waals surface area (Å²) >= 11 is 1.57. The Balaban J connectivity index is 2.41. The topological polar surface area (TPSA) is 67.3 Å². The molecule has 0 aliphatic rings. The van der Waals surface area contributed by atoms with Gasteiger partial charge in [-0.05, 0) is 31.0 Å². The summed E-state index contributed by atoms with van der Waals surface area (Å²) in [6.45, 7) is 2.11. The van der Waals surface area contributed by atoms with E-state index in [0.29, 0.717) is 5.52 Å². The molecule has 0 amide bonds. The van der Waals surface area contributed by atoms with Crippen molar-refractivity contribution in [1.82, 2.24) is 4.98 Å². The molecule has 17 heavy (non-hydrogen) atoms. The molecule has 2 rings (SSSR count). The van der Waals surface area contributed by atoms with Gasteiger partial charge in [0.05, 0.1) is 20.1 Å². The van der Waals surface area contributed by atoms with Crippen LogP contribution in [0.1, 0.15) is 24.8 Å². The van der Waals surface area contributed by atoms with Crippen molar-refractivity contribution in [3.05, 3.63) is 23.2 Å². The minimum Gasteiger partial charge on any atom is -0.282 e. The van der Waals surface area contributed by atoms with Gasteiger partial charge in [0.25, 0.3) is 10.1 Å². The van der Waals surface area contributed by atoms with Gasteiger partial charge in [0.1, 0.15) is 0 Å². The Kier molecular flexibility index (Phi) is 3.46. The highest BCUT2D eigenvalue weighted by molar-refractivity contribution is 7.85. The van der Waals surface area contributed by atoms with Crippen LogP contribution in [0.3, 0.4) is 0 Å². The smallest absolute Gasteiger partial charge is 0.282 e. The van der Waals surface area contributed by atoms with Gasteiger partial charge in [-0.1, -0.05) is 13.3 Å². The van der Waals surface area contributed by atoms with E-state index in [1.165, 1.54) is 12.1 Å². The summed E-state index contributed by atoms with van der Waals surface area (Å²) in [5, 5.41) is 1.01. The SMILES string of the molecule is CCCCc1nc2cc(S(=O)(=O)O)ccc2s1. The highest BCUT2D eigenvalue weighted by atomic mass is 32.2. The number of rotatable bonds is 4. The van der Waals surface area contributed by atoms with Crippen LogP contribution >= 0.6 is 11.3 Å². The van der Waals surface area contributed by atoms with Gasteiger partial charge < -0.3 is 0 Å². The lowest BCUT2D eigenvalue weighted by molar-refractivity contribution is 0.483. The third-order valence-corrected chi connectivity index (χ3v) is 4.39. The first-order chi connectivity index (χ1) is 8.00. The van der Waals surface area contributed by atoms with Gasteiger partial charge >= 0.3 is 0 Å². The Morgan fingerprint density at radius 3 is 2.82 bits per heavy atom. The Hall–Kier alpha value is -0.980. The third-order valence-electron chi connectivity index (χ3n) is 2.45. The lowest BCUT2D eigenvalue weighted by Gasteiger charge is -1.94. The first kappa shape index (κ1) is 12.5. The minimum absolute atomic E-state index is 0.0997. The van der Waals surface area contributed by atoms with Gasteiger partial charge in [-0.3, -0.25) is 4.55 Å². The number of aryl methyl sites for hydroxylation is 1. The van der Waals surface area contributed by atoms with E-state index < -0.39 is 10.1 Å². The molecule has 0 fully saturated rings. The molecule has 0 atom stereocenters. The first-order valence-corrected chi connectivity index (χ1v) is 7.63. The molecule has 0 bridgehead atoms. The molecular weight excluding hydrogens is 258 g/mol. The van der Waals surface area contributed by atoms with Crippen molar-refractivity contribution in [2.45, 2.75) is 31.1 Å². The summed E-state index contributed by atoms with van der Waals surface area (Å²) in [5.74, 6) is 0. The van der Waals surface area contributed by atoms with Crippen molar-refractivity contribution in [2.24, 2.45) is 0 Å². The van der Waals surface area contributed by atoms with Gasteiger partial charge in [-0.2, -0.15) is 8.42 Å². The van der Waals surface area contributed by atoms with Crippen molar-refractivity contribution in [2.75, 3.05) is 0 Å². The molecular formula is C11H13NO3S2. The average molecular weight is 271 g/mol. The van der Waals surface area contributed by atoms with Crippen LogP contribution in [0.5, 0.6) is 0 Å². The maximum absolute atomic E-state index is 11.0. The monoisotopic (exact) mass is 271 g/mol. The number of hydrogen-bond acceptors (Lipinski definition) is 4. The Morgan fingerprint density at radius 1 is 1.41 bits per heavy atom. The van der Waals surface area contributed by atoms with E-state index in [2.05, 4.69) is 11.9 Å². The zero-order valence-electron chi connectivity index (χ0n) is 9.38. The molecule has 0 radical (unpaired) electrons. The van der Waals surface area contributed by atoms with Gasteiger partial charge in [-0.15, -0.1) is 11.3 Å². The Labute approximate surface area is 104 Å². The van der Waals surface area contributed by atoms with Crippen LogP contribution in [0.25, 0.3) is 10.2 Å². The second-order valence-electron chi connectivity index (χ2n) is 3.82. The van der Waals surface area contributed by atoms with E-state index in [1.807, 2.05) is 0 Å². The number of thiazole rings is 1. The number of unbranched alkanes of at least 4 members (excludes halogenated alkanes) is 1. The van der Waals surface area contributed by atoms with Crippen molar-refractivity contribution < 1.29 is 13.0 Å². The number of nitrogens with zero attached hydrogens (tertiary/aromatic N) is 1. The second-order valence-corrected chi connectivity index (χ2v) is 6.35. The molecule has 92 valence electrons. The molecule has 1 N–H and O–H groups in total. The molecule has 0 aliphatic heterocycles. The fourth-order valence-electron chi connectivity index (χ4n) is 1.55. The average Bonchev–Trinajstić information content (AvgIpc) is 2.66. The number of benzene rings is 1. The zero-order valence-corrected chi connectivity index (χ0v) is 11.0. The number of aromatic nitrogens is 1. The highest BCUT2D eigenvalue weighted by Crippen LogP contribution is 2.25. The standard InChI is InChI=1S/C11H13NO3S2/c1-2-3-4-11-12-9-7-8(17(13,14)15)5-6-10(9)16-11/h5-7H,2-4H2,1H3,(H,13,14,15).